The molecule has 1 aromatic heterocycles. The molecule has 0 amide bonds. The fourth-order valence-electron chi connectivity index (χ4n) is 3.67. The number of ether oxygens (including phenoxy) is 3. The van der Waals surface area contributed by atoms with Crippen LogP contribution < -0.4 is 14.8 Å². The SMILES string of the molecule is COc1cccc2c1OCC(c1nccn1[C@@H]1CNCC[C@@H]1OC)=C2. The Bertz CT molecular complexity index is 784. The van der Waals surface area contributed by atoms with Gasteiger partial charge in [0.2, 0.25) is 0 Å². The normalized spacial score (nSPS) is 22.7. The number of piperidine rings is 1. The summed E-state index contributed by atoms with van der Waals surface area (Å²) in [5.41, 5.74) is 2.08. The molecule has 1 aromatic carbocycles. The fourth-order valence-corrected chi connectivity index (χ4v) is 3.67. The Morgan fingerprint density at radius 1 is 1.32 bits per heavy atom. The lowest BCUT2D eigenvalue weighted by Gasteiger charge is -2.33. The first-order valence-corrected chi connectivity index (χ1v) is 8.59. The molecule has 2 aliphatic heterocycles. The van der Waals surface area contributed by atoms with E-state index in [4.69, 9.17) is 14.2 Å². The second kappa shape index (κ2) is 6.90. The van der Waals surface area contributed by atoms with Crippen molar-refractivity contribution in [2.45, 2.75) is 18.6 Å². The molecule has 1 saturated heterocycles. The Morgan fingerprint density at radius 2 is 2.24 bits per heavy atom. The van der Waals surface area contributed by atoms with Crippen LogP contribution in [0.2, 0.25) is 0 Å². The van der Waals surface area contributed by atoms with Crippen molar-refractivity contribution >= 4 is 11.6 Å². The number of fused-ring (bicyclic) bond motifs is 1. The van der Waals surface area contributed by atoms with Gasteiger partial charge in [0.25, 0.3) is 0 Å². The highest BCUT2D eigenvalue weighted by molar-refractivity contribution is 5.84. The molecular weight excluding hydrogens is 318 g/mol. The molecule has 0 radical (unpaired) electrons. The summed E-state index contributed by atoms with van der Waals surface area (Å²) in [5.74, 6) is 2.48. The lowest BCUT2D eigenvalue weighted by atomic mass is 10.0. The van der Waals surface area contributed by atoms with E-state index in [1.165, 1.54) is 0 Å². The molecule has 3 heterocycles. The van der Waals surface area contributed by atoms with Crippen molar-refractivity contribution in [3.63, 3.8) is 0 Å². The van der Waals surface area contributed by atoms with E-state index in [1.807, 2.05) is 30.6 Å². The number of rotatable bonds is 4. The Hall–Kier alpha value is -2.31. The number of nitrogens with zero attached hydrogens (tertiary/aromatic N) is 2. The molecule has 2 aromatic rings. The van der Waals surface area contributed by atoms with Gasteiger partial charge in [-0.05, 0) is 25.1 Å². The van der Waals surface area contributed by atoms with Crippen LogP contribution in [0.1, 0.15) is 23.9 Å². The summed E-state index contributed by atoms with van der Waals surface area (Å²) in [6.45, 7) is 2.33. The average molecular weight is 341 g/mol. The number of para-hydroxylation sites is 1. The Kier molecular flexibility index (Phi) is 4.46. The summed E-state index contributed by atoms with van der Waals surface area (Å²) >= 11 is 0. The zero-order valence-electron chi connectivity index (χ0n) is 14.6. The van der Waals surface area contributed by atoms with Crippen LogP contribution in [0.25, 0.3) is 11.6 Å². The van der Waals surface area contributed by atoms with Gasteiger partial charge in [-0.25, -0.2) is 4.98 Å². The predicted octanol–water partition coefficient (Wildman–Crippen LogP) is 2.37. The third-order valence-electron chi connectivity index (χ3n) is 4.94. The minimum absolute atomic E-state index is 0.187. The van der Waals surface area contributed by atoms with E-state index in [2.05, 4.69) is 20.9 Å². The zero-order chi connectivity index (χ0) is 17.2. The molecule has 1 N–H and O–H groups in total. The van der Waals surface area contributed by atoms with E-state index < -0.39 is 0 Å². The highest BCUT2D eigenvalue weighted by Gasteiger charge is 2.29. The van der Waals surface area contributed by atoms with Crippen LogP contribution in [-0.2, 0) is 4.74 Å². The van der Waals surface area contributed by atoms with Crippen LogP contribution in [0.4, 0.5) is 0 Å². The minimum atomic E-state index is 0.187. The largest absolute Gasteiger partial charge is 0.493 e. The van der Waals surface area contributed by atoms with Crippen LogP contribution >= 0.6 is 0 Å². The van der Waals surface area contributed by atoms with E-state index in [1.54, 1.807) is 14.2 Å². The highest BCUT2D eigenvalue weighted by atomic mass is 16.5. The second-order valence-electron chi connectivity index (χ2n) is 6.33. The lowest BCUT2D eigenvalue weighted by molar-refractivity contribution is 0.0356. The summed E-state index contributed by atoms with van der Waals surface area (Å²) in [6.07, 6.45) is 7.19. The van der Waals surface area contributed by atoms with Gasteiger partial charge < -0.3 is 24.1 Å². The van der Waals surface area contributed by atoms with Gasteiger partial charge in [-0.15, -0.1) is 0 Å². The van der Waals surface area contributed by atoms with E-state index in [0.717, 1.165) is 48.0 Å². The first kappa shape index (κ1) is 16.2. The third kappa shape index (κ3) is 2.92. The van der Waals surface area contributed by atoms with Gasteiger partial charge in [0.1, 0.15) is 12.4 Å². The van der Waals surface area contributed by atoms with Crippen molar-refractivity contribution in [1.82, 2.24) is 14.9 Å². The van der Waals surface area contributed by atoms with Gasteiger partial charge in [0.15, 0.2) is 11.5 Å². The molecule has 0 saturated carbocycles. The van der Waals surface area contributed by atoms with E-state index >= 15 is 0 Å². The molecule has 6 heteroatoms. The van der Waals surface area contributed by atoms with Crippen molar-refractivity contribution < 1.29 is 14.2 Å². The van der Waals surface area contributed by atoms with Gasteiger partial charge in [0.05, 0.1) is 19.3 Å². The number of benzene rings is 1. The predicted molar refractivity (Wildman–Crippen MR) is 95.9 cm³/mol. The van der Waals surface area contributed by atoms with Gasteiger partial charge >= 0.3 is 0 Å². The van der Waals surface area contributed by atoms with Crippen LogP contribution in [0, 0.1) is 0 Å². The van der Waals surface area contributed by atoms with Crippen LogP contribution in [0.3, 0.4) is 0 Å². The molecule has 4 rings (SSSR count). The summed E-state index contributed by atoms with van der Waals surface area (Å²) < 4.78 is 19.3. The van der Waals surface area contributed by atoms with E-state index in [0.29, 0.717) is 6.61 Å². The molecular formula is C19H23N3O3. The zero-order valence-corrected chi connectivity index (χ0v) is 14.6. The van der Waals surface area contributed by atoms with Crippen molar-refractivity contribution in [3.8, 4) is 11.5 Å². The van der Waals surface area contributed by atoms with Crippen LogP contribution in [0.5, 0.6) is 11.5 Å². The molecule has 6 nitrogen and oxygen atoms in total. The topological polar surface area (TPSA) is 57.5 Å². The molecule has 2 atom stereocenters. The smallest absolute Gasteiger partial charge is 0.168 e. The number of hydrogen-bond acceptors (Lipinski definition) is 5. The summed E-state index contributed by atoms with van der Waals surface area (Å²) in [4.78, 5) is 4.60. The number of methoxy groups -OCH3 is 2. The molecule has 25 heavy (non-hydrogen) atoms. The first-order chi connectivity index (χ1) is 12.3. The Morgan fingerprint density at radius 3 is 3.08 bits per heavy atom. The Balaban J connectivity index is 1.69. The summed E-state index contributed by atoms with van der Waals surface area (Å²) in [5, 5.41) is 3.45. The van der Waals surface area contributed by atoms with Crippen molar-refractivity contribution in [1.29, 1.82) is 0 Å². The average Bonchev–Trinajstić information content (AvgIpc) is 3.16. The van der Waals surface area contributed by atoms with E-state index in [-0.39, 0.29) is 12.1 Å². The van der Waals surface area contributed by atoms with Crippen molar-refractivity contribution in [2.24, 2.45) is 0 Å². The molecule has 1 fully saturated rings. The molecule has 2 aliphatic rings. The summed E-state index contributed by atoms with van der Waals surface area (Å²) in [6, 6.07) is 6.14. The molecule has 0 bridgehead atoms. The van der Waals surface area contributed by atoms with Gasteiger partial charge in [-0.1, -0.05) is 12.1 Å². The third-order valence-corrected chi connectivity index (χ3v) is 4.94. The maximum atomic E-state index is 5.98. The number of nitrogens with one attached hydrogen (secondary N) is 1. The van der Waals surface area contributed by atoms with Crippen LogP contribution in [-0.4, -0.2) is 49.6 Å². The first-order valence-electron chi connectivity index (χ1n) is 8.59. The maximum absolute atomic E-state index is 5.98. The fraction of sp³-hybridized carbons (Fsp3) is 0.421. The van der Waals surface area contributed by atoms with Crippen molar-refractivity contribution in [2.75, 3.05) is 33.9 Å². The number of imidazole rings is 1. The monoisotopic (exact) mass is 341 g/mol. The Labute approximate surface area is 147 Å². The van der Waals surface area contributed by atoms with E-state index in [9.17, 15) is 0 Å². The molecule has 0 unspecified atom stereocenters. The minimum Gasteiger partial charge on any atom is -0.493 e. The second-order valence-corrected chi connectivity index (χ2v) is 6.33. The van der Waals surface area contributed by atoms with Gasteiger partial charge in [-0.3, -0.25) is 0 Å². The number of hydrogen-bond donors (Lipinski definition) is 1. The van der Waals surface area contributed by atoms with Crippen molar-refractivity contribution in [3.05, 3.63) is 42.0 Å². The molecule has 132 valence electrons. The van der Waals surface area contributed by atoms with Crippen LogP contribution in [0.15, 0.2) is 30.6 Å². The standard InChI is InChI=1S/C19H23N3O3/c1-23-16-6-7-20-11-15(16)22-9-8-21-19(22)14-10-13-4-3-5-17(24-2)18(13)25-12-14/h3-5,8-10,15-16,20H,6-7,11-12H2,1-2H3/t15-,16+/m1/s1. The van der Waals surface area contributed by atoms with Gasteiger partial charge in [0, 0.05) is 37.2 Å². The molecule has 0 spiro atoms. The lowest BCUT2D eigenvalue weighted by Crippen LogP contribution is -2.42. The molecule has 0 aliphatic carbocycles. The quantitative estimate of drug-likeness (QED) is 0.925. The maximum Gasteiger partial charge on any atom is 0.168 e. The summed E-state index contributed by atoms with van der Waals surface area (Å²) in [7, 11) is 3.44. The van der Waals surface area contributed by atoms with Gasteiger partial charge in [-0.2, -0.15) is 0 Å². The highest BCUT2D eigenvalue weighted by Crippen LogP contribution is 2.38. The number of aromatic nitrogens is 2.